The predicted octanol–water partition coefficient (Wildman–Crippen LogP) is 6.78. The van der Waals surface area contributed by atoms with E-state index in [9.17, 15) is 18.0 Å². The molecular weight excluding hydrogens is 365 g/mol. The summed E-state index contributed by atoms with van der Waals surface area (Å²) in [4.78, 5) is 11.2. The Morgan fingerprint density at radius 3 is 2.38 bits per heavy atom. The third-order valence-corrected chi connectivity index (χ3v) is 4.78. The summed E-state index contributed by atoms with van der Waals surface area (Å²) in [5, 5.41) is 0. The van der Waals surface area contributed by atoms with Crippen molar-refractivity contribution in [2.24, 2.45) is 5.92 Å². The first-order chi connectivity index (χ1) is 12.3. The molecule has 1 atom stereocenters. The fourth-order valence-electron chi connectivity index (χ4n) is 2.91. The highest BCUT2D eigenvalue weighted by Crippen LogP contribution is 2.34. The number of halogens is 4. The molecule has 0 N–H and O–H groups in total. The van der Waals surface area contributed by atoms with Crippen molar-refractivity contribution in [3.05, 3.63) is 29.3 Å². The Labute approximate surface area is 159 Å². The van der Waals surface area contributed by atoms with Gasteiger partial charge in [-0.3, -0.25) is 4.79 Å². The molecule has 0 aliphatic carbocycles. The van der Waals surface area contributed by atoms with E-state index in [1.54, 1.807) is 0 Å². The van der Waals surface area contributed by atoms with Crippen LogP contribution in [0.25, 0.3) is 0 Å². The van der Waals surface area contributed by atoms with Crippen LogP contribution in [-0.4, -0.2) is 11.8 Å². The first-order valence-corrected chi connectivity index (χ1v) is 9.75. The molecule has 1 aromatic carbocycles. The van der Waals surface area contributed by atoms with Gasteiger partial charge in [0.2, 0.25) is 0 Å². The van der Waals surface area contributed by atoms with Gasteiger partial charge in [0.15, 0.2) is 0 Å². The average Bonchev–Trinajstić information content (AvgIpc) is 2.56. The third kappa shape index (κ3) is 8.43. The molecule has 2 nitrogen and oxygen atoms in total. The molecule has 0 heterocycles. The van der Waals surface area contributed by atoms with Crippen LogP contribution in [0.2, 0.25) is 0 Å². The molecule has 0 aliphatic rings. The standard InChI is InChI=1S/C20H28ClF3O2/c1-3-4-5-6-7-8-9-16(14-21)12-17-10-11-18(20(22,23)24)13-19(17)26-15(2)25/h10-11,13,16H,3-9,12,14H2,1-2H3. The molecule has 148 valence electrons. The second kappa shape index (κ2) is 11.5. The van der Waals surface area contributed by atoms with Crippen LogP contribution in [0.3, 0.4) is 0 Å². The second-order valence-corrected chi connectivity index (χ2v) is 7.00. The molecule has 0 radical (unpaired) electrons. The quantitative estimate of drug-likeness (QED) is 0.179. The molecule has 1 aromatic rings. The number of hydrogen-bond donors (Lipinski definition) is 0. The maximum atomic E-state index is 12.9. The van der Waals surface area contributed by atoms with Crippen LogP contribution < -0.4 is 4.74 Å². The van der Waals surface area contributed by atoms with Crippen molar-refractivity contribution in [1.29, 1.82) is 0 Å². The summed E-state index contributed by atoms with van der Waals surface area (Å²) in [7, 11) is 0. The number of carbonyl (C=O) groups excluding carboxylic acids is 1. The molecule has 6 heteroatoms. The maximum Gasteiger partial charge on any atom is 0.416 e. The van der Waals surface area contributed by atoms with Gasteiger partial charge in [0.25, 0.3) is 0 Å². The van der Waals surface area contributed by atoms with E-state index in [1.165, 1.54) is 38.7 Å². The number of hydrogen-bond acceptors (Lipinski definition) is 2. The molecule has 26 heavy (non-hydrogen) atoms. The van der Waals surface area contributed by atoms with Gasteiger partial charge in [0, 0.05) is 12.8 Å². The Morgan fingerprint density at radius 2 is 1.81 bits per heavy atom. The van der Waals surface area contributed by atoms with Gasteiger partial charge in [-0.05, 0) is 36.5 Å². The van der Waals surface area contributed by atoms with Crippen molar-refractivity contribution >= 4 is 17.6 Å². The highest BCUT2D eigenvalue weighted by Gasteiger charge is 2.31. The molecule has 1 rings (SSSR count). The largest absolute Gasteiger partial charge is 0.426 e. The van der Waals surface area contributed by atoms with E-state index >= 15 is 0 Å². The van der Waals surface area contributed by atoms with Gasteiger partial charge in [-0.1, -0.05) is 51.5 Å². The Bertz CT molecular complexity index is 558. The third-order valence-electron chi connectivity index (χ3n) is 4.34. The second-order valence-electron chi connectivity index (χ2n) is 6.69. The van der Waals surface area contributed by atoms with Crippen LogP contribution in [0.15, 0.2) is 18.2 Å². The van der Waals surface area contributed by atoms with E-state index in [0.717, 1.165) is 31.4 Å². The number of ether oxygens (including phenoxy) is 1. The minimum Gasteiger partial charge on any atom is -0.426 e. The SMILES string of the molecule is CCCCCCCCC(CCl)Cc1ccc(C(F)(F)F)cc1OC(C)=O. The summed E-state index contributed by atoms with van der Waals surface area (Å²) < 4.78 is 43.7. The average molecular weight is 393 g/mol. The summed E-state index contributed by atoms with van der Waals surface area (Å²) in [5.41, 5.74) is -0.235. The van der Waals surface area contributed by atoms with Gasteiger partial charge in [-0.15, -0.1) is 11.6 Å². The van der Waals surface area contributed by atoms with E-state index < -0.39 is 17.7 Å². The molecule has 0 bridgehead atoms. The fraction of sp³-hybridized carbons (Fsp3) is 0.650. The van der Waals surface area contributed by atoms with Crippen molar-refractivity contribution in [3.63, 3.8) is 0 Å². The van der Waals surface area contributed by atoms with Crippen LogP contribution in [0, 0.1) is 5.92 Å². The predicted molar refractivity (Wildman–Crippen MR) is 98.7 cm³/mol. The Balaban J connectivity index is 2.73. The number of benzene rings is 1. The number of alkyl halides is 4. The lowest BCUT2D eigenvalue weighted by Gasteiger charge is -2.17. The van der Waals surface area contributed by atoms with Gasteiger partial charge in [0.1, 0.15) is 5.75 Å². The minimum absolute atomic E-state index is 0.0228. The lowest BCUT2D eigenvalue weighted by molar-refractivity contribution is -0.138. The lowest BCUT2D eigenvalue weighted by atomic mass is 9.93. The topological polar surface area (TPSA) is 26.3 Å². The van der Waals surface area contributed by atoms with Crippen LogP contribution in [0.1, 0.15) is 69.9 Å². The van der Waals surface area contributed by atoms with Gasteiger partial charge in [-0.2, -0.15) is 13.2 Å². The maximum absolute atomic E-state index is 12.9. The molecule has 0 saturated carbocycles. The molecule has 0 aliphatic heterocycles. The summed E-state index contributed by atoms with van der Waals surface area (Å²) in [6.45, 7) is 3.35. The zero-order chi connectivity index (χ0) is 19.6. The Morgan fingerprint density at radius 1 is 1.15 bits per heavy atom. The number of unbranched alkanes of at least 4 members (excludes halogenated alkanes) is 5. The normalized spacial score (nSPS) is 12.8. The van der Waals surface area contributed by atoms with Gasteiger partial charge in [0.05, 0.1) is 5.56 Å². The highest BCUT2D eigenvalue weighted by molar-refractivity contribution is 6.18. The Kier molecular flexibility index (Phi) is 10.1. The van der Waals surface area contributed by atoms with Crippen molar-refractivity contribution in [1.82, 2.24) is 0 Å². The van der Waals surface area contributed by atoms with E-state index in [-0.39, 0.29) is 11.7 Å². The summed E-state index contributed by atoms with van der Waals surface area (Å²) >= 11 is 6.05. The van der Waals surface area contributed by atoms with Crippen LogP contribution in [0.5, 0.6) is 5.75 Å². The number of carbonyl (C=O) groups is 1. The molecule has 0 amide bonds. The van der Waals surface area contributed by atoms with Gasteiger partial charge >= 0.3 is 12.1 Å². The summed E-state index contributed by atoms with van der Waals surface area (Å²) in [6.07, 6.45) is 4.00. The summed E-state index contributed by atoms with van der Waals surface area (Å²) in [5.74, 6) is -0.0848. The van der Waals surface area contributed by atoms with E-state index in [1.807, 2.05) is 0 Å². The molecule has 1 unspecified atom stereocenters. The fourth-order valence-corrected chi connectivity index (χ4v) is 3.17. The zero-order valence-electron chi connectivity index (χ0n) is 15.5. The molecule has 0 aromatic heterocycles. The van der Waals surface area contributed by atoms with Crippen molar-refractivity contribution < 1.29 is 22.7 Å². The monoisotopic (exact) mass is 392 g/mol. The van der Waals surface area contributed by atoms with E-state index in [2.05, 4.69) is 6.92 Å². The van der Waals surface area contributed by atoms with Gasteiger partial charge in [-0.25, -0.2) is 0 Å². The smallest absolute Gasteiger partial charge is 0.416 e. The van der Waals surface area contributed by atoms with E-state index in [4.69, 9.17) is 16.3 Å². The van der Waals surface area contributed by atoms with E-state index in [0.29, 0.717) is 17.9 Å². The first-order valence-electron chi connectivity index (χ1n) is 9.22. The summed E-state index contributed by atoms with van der Waals surface area (Å²) in [6, 6.07) is 3.31. The lowest BCUT2D eigenvalue weighted by Crippen LogP contribution is -2.12. The molecule has 0 saturated heterocycles. The zero-order valence-corrected chi connectivity index (χ0v) is 16.3. The molecule has 0 fully saturated rings. The van der Waals surface area contributed by atoms with Crippen molar-refractivity contribution in [2.75, 3.05) is 5.88 Å². The van der Waals surface area contributed by atoms with Crippen LogP contribution in [0.4, 0.5) is 13.2 Å². The number of rotatable bonds is 11. The minimum atomic E-state index is -4.47. The highest BCUT2D eigenvalue weighted by atomic mass is 35.5. The van der Waals surface area contributed by atoms with Crippen molar-refractivity contribution in [3.8, 4) is 5.75 Å². The first kappa shape index (κ1) is 22.8. The number of esters is 1. The molecular formula is C20H28ClF3O2. The van der Waals surface area contributed by atoms with Crippen LogP contribution in [-0.2, 0) is 17.4 Å². The van der Waals surface area contributed by atoms with Gasteiger partial charge < -0.3 is 4.74 Å². The van der Waals surface area contributed by atoms with Crippen LogP contribution >= 0.6 is 11.6 Å². The molecule has 0 spiro atoms. The van der Waals surface area contributed by atoms with Crippen molar-refractivity contribution in [2.45, 2.75) is 71.4 Å². The Hall–Kier alpha value is -1.23.